The lowest BCUT2D eigenvalue weighted by Crippen LogP contribution is -2.54. The van der Waals surface area contributed by atoms with Gasteiger partial charge in [-0.05, 0) is 35.6 Å². The molecule has 0 saturated carbocycles. The first-order valence-electron chi connectivity index (χ1n) is 7.96. The molecule has 24 heavy (non-hydrogen) atoms. The molecule has 1 N–H and O–H groups in total. The SMILES string of the molecule is CCc1ccc(NC(=O)[C@@H]2COCC(=O)N2Cc2cccs2)cc1. The summed E-state index contributed by atoms with van der Waals surface area (Å²) in [5.41, 5.74) is 1.94. The van der Waals surface area contributed by atoms with Crippen LogP contribution in [0.15, 0.2) is 41.8 Å². The Bertz CT molecular complexity index is 698. The second-order valence-electron chi connectivity index (χ2n) is 5.67. The molecule has 2 amide bonds. The van der Waals surface area contributed by atoms with Crippen LogP contribution in [0.4, 0.5) is 5.69 Å². The number of nitrogens with zero attached hydrogens (tertiary/aromatic N) is 1. The molecule has 6 heteroatoms. The topological polar surface area (TPSA) is 58.6 Å². The zero-order chi connectivity index (χ0) is 16.9. The Balaban J connectivity index is 1.71. The number of aryl methyl sites for hydroxylation is 1. The first-order chi connectivity index (χ1) is 11.7. The maximum absolute atomic E-state index is 12.6. The smallest absolute Gasteiger partial charge is 0.249 e. The van der Waals surface area contributed by atoms with Crippen molar-refractivity contribution in [3.63, 3.8) is 0 Å². The number of ether oxygens (including phenoxy) is 1. The Labute approximate surface area is 145 Å². The molecule has 1 aromatic carbocycles. The van der Waals surface area contributed by atoms with Gasteiger partial charge in [-0.15, -0.1) is 11.3 Å². The van der Waals surface area contributed by atoms with Crippen LogP contribution in [0, 0.1) is 0 Å². The van der Waals surface area contributed by atoms with Crippen molar-refractivity contribution in [1.29, 1.82) is 0 Å². The number of thiophene rings is 1. The summed E-state index contributed by atoms with van der Waals surface area (Å²) in [7, 11) is 0. The molecule has 0 unspecified atom stereocenters. The van der Waals surface area contributed by atoms with Gasteiger partial charge in [-0.25, -0.2) is 0 Å². The van der Waals surface area contributed by atoms with Gasteiger partial charge in [0.2, 0.25) is 11.8 Å². The molecule has 1 fully saturated rings. The monoisotopic (exact) mass is 344 g/mol. The number of morpholine rings is 1. The van der Waals surface area contributed by atoms with Crippen LogP contribution in [0.3, 0.4) is 0 Å². The Morgan fingerprint density at radius 3 is 2.79 bits per heavy atom. The predicted molar refractivity (Wildman–Crippen MR) is 93.9 cm³/mol. The van der Waals surface area contributed by atoms with Crippen molar-refractivity contribution in [2.75, 3.05) is 18.5 Å². The molecule has 1 saturated heterocycles. The van der Waals surface area contributed by atoms with Crippen LogP contribution in [0.2, 0.25) is 0 Å². The third-order valence-electron chi connectivity index (χ3n) is 4.04. The van der Waals surface area contributed by atoms with Crippen LogP contribution in [0.25, 0.3) is 0 Å². The molecule has 0 bridgehead atoms. The molecule has 0 spiro atoms. The number of amides is 2. The average molecular weight is 344 g/mol. The molecule has 1 atom stereocenters. The van der Waals surface area contributed by atoms with E-state index in [0.29, 0.717) is 6.54 Å². The van der Waals surface area contributed by atoms with Gasteiger partial charge < -0.3 is 15.0 Å². The van der Waals surface area contributed by atoms with E-state index in [9.17, 15) is 9.59 Å². The van der Waals surface area contributed by atoms with Gasteiger partial charge in [0, 0.05) is 10.6 Å². The van der Waals surface area contributed by atoms with Crippen molar-refractivity contribution < 1.29 is 14.3 Å². The minimum absolute atomic E-state index is 0.0281. The molecule has 2 heterocycles. The third-order valence-corrected chi connectivity index (χ3v) is 4.90. The van der Waals surface area contributed by atoms with Crippen LogP contribution < -0.4 is 5.32 Å². The van der Waals surface area contributed by atoms with Crippen molar-refractivity contribution in [3.8, 4) is 0 Å². The van der Waals surface area contributed by atoms with Gasteiger partial charge in [-0.3, -0.25) is 9.59 Å². The molecule has 1 aliphatic rings. The quantitative estimate of drug-likeness (QED) is 0.907. The zero-order valence-electron chi connectivity index (χ0n) is 13.5. The molecule has 2 aromatic rings. The summed E-state index contributed by atoms with van der Waals surface area (Å²) in [5, 5.41) is 4.85. The molecule has 0 radical (unpaired) electrons. The molecule has 1 aliphatic heterocycles. The number of hydrogen-bond acceptors (Lipinski definition) is 4. The summed E-state index contributed by atoms with van der Waals surface area (Å²) >= 11 is 1.57. The number of carbonyl (C=O) groups is 2. The standard InChI is InChI=1S/C18H20N2O3S/c1-2-13-5-7-14(8-6-13)19-18(22)16-11-23-12-17(21)20(16)10-15-4-3-9-24-15/h3-9,16H,2,10-12H2,1H3,(H,19,22)/t16-/m0/s1. The average Bonchev–Trinajstić information content (AvgIpc) is 3.10. The normalized spacial score (nSPS) is 17.8. The van der Waals surface area contributed by atoms with Crippen molar-refractivity contribution in [2.45, 2.75) is 25.9 Å². The fourth-order valence-electron chi connectivity index (χ4n) is 2.64. The van der Waals surface area contributed by atoms with E-state index in [-0.39, 0.29) is 25.0 Å². The van der Waals surface area contributed by atoms with E-state index in [2.05, 4.69) is 12.2 Å². The second kappa shape index (κ2) is 7.59. The van der Waals surface area contributed by atoms with Gasteiger partial charge >= 0.3 is 0 Å². The Morgan fingerprint density at radius 1 is 1.33 bits per heavy atom. The van der Waals surface area contributed by atoms with Crippen LogP contribution in [-0.4, -0.2) is 36.0 Å². The van der Waals surface area contributed by atoms with Crippen molar-refractivity contribution in [2.24, 2.45) is 0 Å². The summed E-state index contributed by atoms with van der Waals surface area (Å²) in [6, 6.07) is 11.0. The van der Waals surface area contributed by atoms with E-state index >= 15 is 0 Å². The van der Waals surface area contributed by atoms with Gasteiger partial charge in [-0.2, -0.15) is 0 Å². The second-order valence-corrected chi connectivity index (χ2v) is 6.70. The molecular formula is C18H20N2O3S. The Morgan fingerprint density at radius 2 is 2.12 bits per heavy atom. The van der Waals surface area contributed by atoms with E-state index in [4.69, 9.17) is 4.74 Å². The highest BCUT2D eigenvalue weighted by Crippen LogP contribution is 2.19. The van der Waals surface area contributed by atoms with Gasteiger partial charge in [0.15, 0.2) is 0 Å². The highest BCUT2D eigenvalue weighted by Gasteiger charge is 2.34. The Kier molecular flexibility index (Phi) is 5.27. The fourth-order valence-corrected chi connectivity index (χ4v) is 3.34. The van der Waals surface area contributed by atoms with E-state index in [1.165, 1.54) is 5.56 Å². The highest BCUT2D eigenvalue weighted by atomic mass is 32.1. The van der Waals surface area contributed by atoms with Crippen LogP contribution in [0.5, 0.6) is 0 Å². The van der Waals surface area contributed by atoms with Crippen LogP contribution in [-0.2, 0) is 27.3 Å². The number of nitrogens with one attached hydrogen (secondary N) is 1. The molecular weight excluding hydrogens is 324 g/mol. The minimum atomic E-state index is -0.612. The summed E-state index contributed by atoms with van der Waals surface area (Å²) in [4.78, 5) is 27.5. The molecule has 0 aliphatic carbocycles. The van der Waals surface area contributed by atoms with Crippen molar-refractivity contribution >= 4 is 28.8 Å². The van der Waals surface area contributed by atoms with Gasteiger partial charge in [0.05, 0.1) is 13.2 Å². The van der Waals surface area contributed by atoms with Crippen molar-refractivity contribution in [3.05, 3.63) is 52.2 Å². The first kappa shape index (κ1) is 16.7. The number of carbonyl (C=O) groups excluding carboxylic acids is 2. The lowest BCUT2D eigenvalue weighted by molar-refractivity contribution is -0.153. The van der Waals surface area contributed by atoms with E-state index in [1.54, 1.807) is 16.2 Å². The molecule has 1 aromatic heterocycles. The van der Waals surface area contributed by atoms with Crippen LogP contribution in [0.1, 0.15) is 17.4 Å². The lowest BCUT2D eigenvalue weighted by atomic mass is 10.1. The summed E-state index contributed by atoms with van der Waals surface area (Å²) in [5.74, 6) is -0.375. The van der Waals surface area contributed by atoms with Gasteiger partial charge in [0.1, 0.15) is 12.6 Å². The number of rotatable bonds is 5. The molecule has 126 valence electrons. The van der Waals surface area contributed by atoms with E-state index in [0.717, 1.165) is 17.0 Å². The summed E-state index contributed by atoms with van der Waals surface area (Å²) < 4.78 is 5.29. The number of hydrogen-bond donors (Lipinski definition) is 1. The largest absolute Gasteiger partial charge is 0.369 e. The van der Waals surface area contributed by atoms with Crippen LogP contribution >= 0.6 is 11.3 Å². The Hall–Kier alpha value is -2.18. The van der Waals surface area contributed by atoms with E-state index in [1.807, 2.05) is 41.8 Å². The maximum atomic E-state index is 12.6. The van der Waals surface area contributed by atoms with Gasteiger partial charge in [-0.1, -0.05) is 25.1 Å². The number of anilines is 1. The lowest BCUT2D eigenvalue weighted by Gasteiger charge is -2.34. The maximum Gasteiger partial charge on any atom is 0.249 e. The zero-order valence-corrected chi connectivity index (χ0v) is 14.3. The predicted octanol–water partition coefficient (Wildman–Crippen LogP) is 2.68. The molecule has 5 nitrogen and oxygen atoms in total. The molecule has 3 rings (SSSR count). The van der Waals surface area contributed by atoms with Crippen molar-refractivity contribution in [1.82, 2.24) is 4.90 Å². The summed E-state index contributed by atoms with van der Waals surface area (Å²) in [6.45, 7) is 2.77. The van der Waals surface area contributed by atoms with E-state index < -0.39 is 6.04 Å². The third kappa shape index (κ3) is 3.83. The van der Waals surface area contributed by atoms with Gasteiger partial charge in [0.25, 0.3) is 0 Å². The first-order valence-corrected chi connectivity index (χ1v) is 8.84. The minimum Gasteiger partial charge on any atom is -0.369 e. The summed E-state index contributed by atoms with van der Waals surface area (Å²) in [6.07, 6.45) is 0.952. The fraction of sp³-hybridized carbons (Fsp3) is 0.333. The highest BCUT2D eigenvalue weighted by molar-refractivity contribution is 7.09. The number of benzene rings is 1.